The summed E-state index contributed by atoms with van der Waals surface area (Å²) >= 11 is 0. The lowest BCUT2D eigenvalue weighted by molar-refractivity contribution is 0.103. The van der Waals surface area contributed by atoms with Gasteiger partial charge in [0.25, 0.3) is 0 Å². The highest BCUT2D eigenvalue weighted by atomic mass is 16.1. The molecule has 6 rings (SSSR count). The zero-order chi connectivity index (χ0) is 18.8. The molecule has 0 radical (unpaired) electrons. The van der Waals surface area contributed by atoms with Gasteiger partial charge in [0.1, 0.15) is 0 Å². The minimum atomic E-state index is -0.0151. The van der Waals surface area contributed by atoms with Gasteiger partial charge < -0.3 is 0 Å². The van der Waals surface area contributed by atoms with Crippen LogP contribution in [0.5, 0.6) is 0 Å². The lowest BCUT2D eigenvalue weighted by Gasteiger charge is -2.24. The van der Waals surface area contributed by atoms with E-state index in [-0.39, 0.29) is 11.6 Å². The number of allylic oxidation sites excluding steroid dienone is 4. The maximum atomic E-state index is 12.9. The van der Waals surface area contributed by atoms with Crippen LogP contribution in [-0.2, 0) is 0 Å². The summed E-state index contributed by atoms with van der Waals surface area (Å²) in [5.41, 5.74) is 5.09. The number of hydrogen-bond acceptors (Lipinski definition) is 2. The molecule has 0 amide bonds. The van der Waals surface area contributed by atoms with Crippen LogP contribution in [0, 0.1) is 0 Å². The zero-order valence-electron chi connectivity index (χ0n) is 14.9. The molecule has 28 heavy (non-hydrogen) atoms. The fraction of sp³-hybridized carbons (Fsp3) is 0. The van der Waals surface area contributed by atoms with Gasteiger partial charge in [-0.05, 0) is 45.2 Å². The molecule has 0 spiro atoms. The van der Waals surface area contributed by atoms with Crippen LogP contribution in [0.4, 0.5) is 0 Å². The molecule has 4 aromatic rings. The Hall–Kier alpha value is -3.78. The number of carbonyl (C=O) groups is 2. The van der Waals surface area contributed by atoms with Gasteiger partial charge in [-0.15, -0.1) is 0 Å². The van der Waals surface area contributed by atoms with Crippen LogP contribution in [0.1, 0.15) is 31.8 Å². The van der Waals surface area contributed by atoms with E-state index in [0.717, 1.165) is 54.9 Å². The molecule has 0 heterocycles. The Morgan fingerprint density at radius 2 is 0.786 bits per heavy atom. The van der Waals surface area contributed by atoms with E-state index in [1.165, 1.54) is 0 Å². The first-order valence-electron chi connectivity index (χ1n) is 9.29. The Bertz CT molecular complexity index is 1310. The Kier molecular flexibility index (Phi) is 2.93. The van der Waals surface area contributed by atoms with Crippen molar-refractivity contribution in [2.75, 3.05) is 0 Å². The highest BCUT2D eigenvalue weighted by Gasteiger charge is 2.27. The number of benzene rings is 4. The second-order valence-electron chi connectivity index (χ2n) is 7.26. The summed E-state index contributed by atoms with van der Waals surface area (Å²) in [5, 5.41) is 4.00. The second kappa shape index (κ2) is 5.37. The van der Waals surface area contributed by atoms with Gasteiger partial charge in [0.2, 0.25) is 0 Å². The van der Waals surface area contributed by atoms with E-state index in [4.69, 9.17) is 0 Å². The smallest absolute Gasteiger partial charge is 0.187 e. The largest absolute Gasteiger partial charge is 0.289 e. The van der Waals surface area contributed by atoms with Crippen molar-refractivity contribution in [3.05, 3.63) is 107 Å². The molecule has 0 aromatic heterocycles. The van der Waals surface area contributed by atoms with E-state index < -0.39 is 0 Å². The van der Waals surface area contributed by atoms with Crippen LogP contribution in [0.15, 0.2) is 84.9 Å². The van der Waals surface area contributed by atoms with Crippen molar-refractivity contribution in [3.63, 3.8) is 0 Å². The zero-order valence-corrected chi connectivity index (χ0v) is 14.9. The number of hydrogen-bond donors (Lipinski definition) is 0. The molecular weight excluding hydrogens is 344 g/mol. The minimum Gasteiger partial charge on any atom is -0.289 e. The predicted octanol–water partition coefficient (Wildman–Crippen LogP) is 5.85. The fourth-order valence-corrected chi connectivity index (χ4v) is 4.56. The highest BCUT2D eigenvalue weighted by Crippen LogP contribution is 2.44. The summed E-state index contributed by atoms with van der Waals surface area (Å²) in [6.45, 7) is 0. The van der Waals surface area contributed by atoms with Crippen LogP contribution in [0.2, 0.25) is 0 Å². The molecule has 0 saturated heterocycles. The van der Waals surface area contributed by atoms with Crippen LogP contribution >= 0.6 is 0 Å². The molecule has 0 unspecified atom stereocenters. The Balaban J connectivity index is 1.69. The van der Waals surface area contributed by atoms with Crippen LogP contribution in [0.25, 0.3) is 32.7 Å². The first-order valence-corrected chi connectivity index (χ1v) is 9.29. The normalized spacial score (nSPS) is 15.0. The van der Waals surface area contributed by atoms with Gasteiger partial charge in [-0.25, -0.2) is 0 Å². The Morgan fingerprint density at radius 1 is 0.429 bits per heavy atom. The maximum Gasteiger partial charge on any atom is 0.187 e. The second-order valence-corrected chi connectivity index (χ2v) is 7.26. The van der Waals surface area contributed by atoms with Gasteiger partial charge in [0.15, 0.2) is 11.6 Å². The van der Waals surface area contributed by atoms with E-state index in [9.17, 15) is 9.59 Å². The Morgan fingerprint density at radius 3 is 1.18 bits per heavy atom. The van der Waals surface area contributed by atoms with Gasteiger partial charge >= 0.3 is 0 Å². The standard InChI is InChI=1S/C26H14O2/c27-23-13-21(17-9-1-5-15-7-3-11-19(23)25(15)17)22-14-24(28)20-12-4-8-16-6-2-10-18(22)26(16)20/h1-14H. The van der Waals surface area contributed by atoms with Crippen molar-refractivity contribution in [1.29, 1.82) is 0 Å². The lowest BCUT2D eigenvalue weighted by Crippen LogP contribution is -2.10. The van der Waals surface area contributed by atoms with Gasteiger partial charge in [0.05, 0.1) is 0 Å². The van der Waals surface area contributed by atoms with Crippen molar-refractivity contribution in [2.45, 2.75) is 0 Å². The molecule has 2 heteroatoms. The number of ketones is 2. The monoisotopic (exact) mass is 358 g/mol. The summed E-state index contributed by atoms with van der Waals surface area (Å²) in [4.78, 5) is 25.8. The molecule has 0 aliphatic heterocycles. The van der Waals surface area contributed by atoms with E-state index in [1.807, 2.05) is 72.8 Å². The fourth-order valence-electron chi connectivity index (χ4n) is 4.56. The number of rotatable bonds is 1. The van der Waals surface area contributed by atoms with Crippen LogP contribution in [0.3, 0.4) is 0 Å². The molecule has 130 valence electrons. The Labute approximate surface area is 161 Å². The van der Waals surface area contributed by atoms with E-state index in [0.29, 0.717) is 0 Å². The van der Waals surface area contributed by atoms with Gasteiger partial charge in [-0.3, -0.25) is 9.59 Å². The molecule has 0 saturated carbocycles. The third-order valence-electron chi connectivity index (χ3n) is 5.76. The summed E-state index contributed by atoms with van der Waals surface area (Å²) in [6.07, 6.45) is 3.37. The molecule has 0 atom stereocenters. The third-order valence-corrected chi connectivity index (χ3v) is 5.76. The van der Waals surface area contributed by atoms with E-state index in [1.54, 1.807) is 12.2 Å². The quantitative estimate of drug-likeness (QED) is 0.427. The van der Waals surface area contributed by atoms with Crippen LogP contribution < -0.4 is 0 Å². The maximum absolute atomic E-state index is 12.9. The SMILES string of the molecule is O=C1C=C(C2=CC(=O)c3cccc4cccc2c34)c2cccc3cccc1c23. The summed E-state index contributed by atoms with van der Waals surface area (Å²) in [6, 6.07) is 23.8. The van der Waals surface area contributed by atoms with Crippen molar-refractivity contribution in [1.82, 2.24) is 0 Å². The molecule has 0 fully saturated rings. The van der Waals surface area contributed by atoms with Crippen LogP contribution in [-0.4, -0.2) is 11.6 Å². The highest BCUT2D eigenvalue weighted by molar-refractivity contribution is 6.33. The molecule has 2 aliphatic carbocycles. The van der Waals surface area contributed by atoms with Gasteiger partial charge in [-0.1, -0.05) is 72.8 Å². The predicted molar refractivity (Wildman–Crippen MR) is 113 cm³/mol. The molecule has 0 bridgehead atoms. The van der Waals surface area contributed by atoms with Gasteiger partial charge in [0, 0.05) is 21.9 Å². The molecular formula is C26H14O2. The summed E-state index contributed by atoms with van der Waals surface area (Å²) in [7, 11) is 0. The van der Waals surface area contributed by atoms with Crippen molar-refractivity contribution >= 4 is 44.3 Å². The number of carbonyl (C=O) groups excluding carboxylic acids is 2. The average molecular weight is 358 g/mol. The molecule has 4 aromatic carbocycles. The third kappa shape index (κ3) is 1.92. The minimum absolute atomic E-state index is 0.0151. The molecule has 2 nitrogen and oxygen atoms in total. The van der Waals surface area contributed by atoms with E-state index in [2.05, 4.69) is 0 Å². The first kappa shape index (κ1) is 15.3. The first-order chi connectivity index (χ1) is 13.7. The molecule has 0 N–H and O–H groups in total. The van der Waals surface area contributed by atoms with Crippen molar-refractivity contribution in [2.24, 2.45) is 0 Å². The summed E-state index contributed by atoms with van der Waals surface area (Å²) < 4.78 is 0. The van der Waals surface area contributed by atoms with E-state index >= 15 is 0 Å². The van der Waals surface area contributed by atoms with Crippen molar-refractivity contribution < 1.29 is 9.59 Å². The van der Waals surface area contributed by atoms with Gasteiger partial charge in [-0.2, -0.15) is 0 Å². The molecule has 2 aliphatic rings. The topological polar surface area (TPSA) is 34.1 Å². The average Bonchev–Trinajstić information content (AvgIpc) is 2.73. The van der Waals surface area contributed by atoms with Crippen molar-refractivity contribution in [3.8, 4) is 0 Å². The lowest BCUT2D eigenvalue weighted by atomic mass is 9.78. The summed E-state index contributed by atoms with van der Waals surface area (Å²) in [5.74, 6) is -0.0302.